The molecular formula is C19H15N3O3. The van der Waals surface area contributed by atoms with Gasteiger partial charge in [0.15, 0.2) is 17.1 Å². The molecule has 0 spiro atoms. The smallest absolute Gasteiger partial charge is 0.231 e. The average molecular weight is 333 g/mol. The van der Waals surface area contributed by atoms with Crippen LogP contribution < -0.4 is 14.2 Å². The van der Waals surface area contributed by atoms with E-state index >= 15 is 0 Å². The maximum absolute atomic E-state index is 5.83. The molecule has 1 aliphatic rings. The number of ether oxygens (including phenoxy) is 3. The maximum atomic E-state index is 5.83. The molecule has 1 aliphatic heterocycles. The third-order valence-electron chi connectivity index (χ3n) is 4.33. The SMILES string of the molecule is CCOc1ccccc1-c1cc2ncnn2c2cc3c(cc12)OCO3. The lowest BCUT2D eigenvalue weighted by Gasteiger charge is -2.13. The summed E-state index contributed by atoms with van der Waals surface area (Å²) >= 11 is 0. The molecule has 0 fully saturated rings. The van der Waals surface area contributed by atoms with Crippen molar-refractivity contribution in [2.75, 3.05) is 13.4 Å². The van der Waals surface area contributed by atoms with Crippen molar-refractivity contribution in [3.8, 4) is 28.4 Å². The van der Waals surface area contributed by atoms with Gasteiger partial charge in [0.25, 0.3) is 0 Å². The van der Waals surface area contributed by atoms with Gasteiger partial charge in [0.05, 0.1) is 12.1 Å². The third kappa shape index (κ3) is 2.11. The fourth-order valence-corrected chi connectivity index (χ4v) is 3.26. The van der Waals surface area contributed by atoms with E-state index in [1.165, 1.54) is 0 Å². The second-order valence-corrected chi connectivity index (χ2v) is 5.74. The van der Waals surface area contributed by atoms with E-state index in [1.54, 1.807) is 6.33 Å². The molecule has 0 amide bonds. The Morgan fingerprint density at radius 3 is 2.80 bits per heavy atom. The first-order chi connectivity index (χ1) is 12.3. The molecule has 0 atom stereocenters. The Labute approximate surface area is 143 Å². The molecule has 3 heterocycles. The Kier molecular flexibility index (Phi) is 3.03. The topological polar surface area (TPSA) is 57.9 Å². The van der Waals surface area contributed by atoms with Gasteiger partial charge in [-0.05, 0) is 30.7 Å². The van der Waals surface area contributed by atoms with Gasteiger partial charge in [0, 0.05) is 17.0 Å². The summed E-state index contributed by atoms with van der Waals surface area (Å²) in [5.74, 6) is 2.30. The first-order valence-corrected chi connectivity index (χ1v) is 8.13. The molecule has 4 aromatic rings. The molecule has 0 unspecified atom stereocenters. The van der Waals surface area contributed by atoms with Crippen LogP contribution in [0, 0.1) is 0 Å². The summed E-state index contributed by atoms with van der Waals surface area (Å²) in [7, 11) is 0. The first kappa shape index (κ1) is 14.1. The zero-order valence-corrected chi connectivity index (χ0v) is 13.6. The van der Waals surface area contributed by atoms with Crippen LogP contribution in [-0.2, 0) is 0 Å². The monoisotopic (exact) mass is 333 g/mol. The lowest BCUT2D eigenvalue weighted by molar-refractivity contribution is 0.174. The van der Waals surface area contributed by atoms with Crippen LogP contribution in [0.1, 0.15) is 6.92 Å². The molecule has 0 saturated heterocycles. The van der Waals surface area contributed by atoms with Gasteiger partial charge in [-0.1, -0.05) is 18.2 Å². The summed E-state index contributed by atoms with van der Waals surface area (Å²) in [5, 5.41) is 5.35. The third-order valence-corrected chi connectivity index (χ3v) is 4.33. The van der Waals surface area contributed by atoms with Crippen molar-refractivity contribution in [2.45, 2.75) is 6.92 Å². The number of fused-ring (bicyclic) bond motifs is 4. The van der Waals surface area contributed by atoms with Crippen molar-refractivity contribution < 1.29 is 14.2 Å². The van der Waals surface area contributed by atoms with E-state index in [0.29, 0.717) is 6.61 Å². The van der Waals surface area contributed by atoms with Crippen LogP contribution in [0.2, 0.25) is 0 Å². The number of hydrogen-bond donors (Lipinski definition) is 0. The molecule has 25 heavy (non-hydrogen) atoms. The zero-order chi connectivity index (χ0) is 16.8. The fraction of sp³-hybridized carbons (Fsp3) is 0.158. The van der Waals surface area contributed by atoms with Crippen molar-refractivity contribution >= 4 is 16.6 Å². The Morgan fingerprint density at radius 2 is 1.92 bits per heavy atom. The molecule has 0 bridgehead atoms. The minimum atomic E-state index is 0.233. The van der Waals surface area contributed by atoms with Crippen LogP contribution >= 0.6 is 0 Å². The quantitative estimate of drug-likeness (QED) is 0.572. The molecule has 124 valence electrons. The van der Waals surface area contributed by atoms with Gasteiger partial charge in [-0.25, -0.2) is 9.50 Å². The van der Waals surface area contributed by atoms with Crippen molar-refractivity contribution in [1.29, 1.82) is 0 Å². The molecule has 6 nitrogen and oxygen atoms in total. The van der Waals surface area contributed by atoms with Gasteiger partial charge in [0.1, 0.15) is 12.1 Å². The van der Waals surface area contributed by atoms with Crippen LogP contribution in [-0.4, -0.2) is 28.0 Å². The van der Waals surface area contributed by atoms with E-state index in [-0.39, 0.29) is 6.79 Å². The van der Waals surface area contributed by atoms with Crippen LogP contribution in [0.25, 0.3) is 27.7 Å². The number of benzene rings is 2. The number of rotatable bonds is 3. The molecule has 5 rings (SSSR count). The lowest BCUT2D eigenvalue weighted by Crippen LogP contribution is -1.97. The molecule has 2 aromatic carbocycles. The highest BCUT2D eigenvalue weighted by atomic mass is 16.7. The second-order valence-electron chi connectivity index (χ2n) is 5.74. The number of hydrogen-bond acceptors (Lipinski definition) is 5. The van der Waals surface area contributed by atoms with E-state index < -0.39 is 0 Å². The minimum Gasteiger partial charge on any atom is -0.493 e. The number of pyridine rings is 1. The average Bonchev–Trinajstić information content (AvgIpc) is 3.29. The fourth-order valence-electron chi connectivity index (χ4n) is 3.26. The zero-order valence-electron chi connectivity index (χ0n) is 13.6. The van der Waals surface area contributed by atoms with Gasteiger partial charge >= 0.3 is 0 Å². The van der Waals surface area contributed by atoms with E-state index in [1.807, 2.05) is 47.8 Å². The normalized spacial score (nSPS) is 12.8. The second kappa shape index (κ2) is 5.37. The van der Waals surface area contributed by atoms with Crippen LogP contribution in [0.5, 0.6) is 17.2 Å². The molecule has 2 aromatic heterocycles. The number of aromatic nitrogens is 3. The molecule has 0 aliphatic carbocycles. The van der Waals surface area contributed by atoms with Crippen molar-refractivity contribution in [2.24, 2.45) is 0 Å². The van der Waals surface area contributed by atoms with Gasteiger partial charge < -0.3 is 14.2 Å². The van der Waals surface area contributed by atoms with E-state index in [2.05, 4.69) is 16.1 Å². The number of para-hydroxylation sites is 1. The van der Waals surface area contributed by atoms with Gasteiger partial charge in [0.2, 0.25) is 6.79 Å². The first-order valence-electron chi connectivity index (χ1n) is 8.13. The summed E-state index contributed by atoms with van der Waals surface area (Å²) in [6.45, 7) is 2.82. The minimum absolute atomic E-state index is 0.233. The van der Waals surface area contributed by atoms with Gasteiger partial charge in [-0.3, -0.25) is 0 Å². The van der Waals surface area contributed by atoms with E-state index in [0.717, 1.165) is 44.9 Å². The van der Waals surface area contributed by atoms with Crippen molar-refractivity contribution in [3.63, 3.8) is 0 Å². The van der Waals surface area contributed by atoms with Crippen molar-refractivity contribution in [1.82, 2.24) is 14.6 Å². The van der Waals surface area contributed by atoms with Gasteiger partial charge in [-0.15, -0.1) is 0 Å². The van der Waals surface area contributed by atoms with E-state index in [9.17, 15) is 0 Å². The van der Waals surface area contributed by atoms with E-state index in [4.69, 9.17) is 14.2 Å². The summed E-state index contributed by atoms with van der Waals surface area (Å²) in [6, 6.07) is 14.0. The highest BCUT2D eigenvalue weighted by Gasteiger charge is 2.20. The largest absolute Gasteiger partial charge is 0.493 e. The molecule has 6 heteroatoms. The molecule has 0 saturated carbocycles. The summed E-state index contributed by atoms with van der Waals surface area (Å²) < 4.78 is 18.7. The highest BCUT2D eigenvalue weighted by Crippen LogP contribution is 2.41. The Bertz CT molecular complexity index is 1100. The van der Waals surface area contributed by atoms with Crippen molar-refractivity contribution in [3.05, 3.63) is 48.8 Å². The number of nitrogens with zero attached hydrogens (tertiary/aromatic N) is 3. The van der Waals surface area contributed by atoms with Gasteiger partial charge in [-0.2, -0.15) is 5.10 Å². The summed E-state index contributed by atoms with van der Waals surface area (Å²) in [5.41, 5.74) is 3.73. The lowest BCUT2D eigenvalue weighted by atomic mass is 9.99. The summed E-state index contributed by atoms with van der Waals surface area (Å²) in [4.78, 5) is 4.36. The van der Waals surface area contributed by atoms with Crippen LogP contribution in [0.3, 0.4) is 0 Å². The highest BCUT2D eigenvalue weighted by molar-refractivity contribution is 6.00. The summed E-state index contributed by atoms with van der Waals surface area (Å²) in [6.07, 6.45) is 1.55. The Balaban J connectivity index is 1.88. The molecule has 0 radical (unpaired) electrons. The predicted molar refractivity (Wildman–Crippen MR) is 93.2 cm³/mol. The van der Waals surface area contributed by atoms with Crippen LogP contribution in [0.15, 0.2) is 48.8 Å². The Morgan fingerprint density at radius 1 is 1.08 bits per heavy atom. The standard InChI is InChI=1S/C19H15N3O3/c1-2-23-16-6-4-3-5-12(16)13-8-19-20-10-21-22(19)15-9-18-17(7-14(13)15)24-11-25-18/h3-10H,2,11H2,1H3. The molecular weight excluding hydrogens is 318 g/mol. The predicted octanol–water partition coefficient (Wildman–Crippen LogP) is 3.68. The molecule has 0 N–H and O–H groups in total. The Hall–Kier alpha value is -3.28. The van der Waals surface area contributed by atoms with Crippen LogP contribution in [0.4, 0.5) is 0 Å². The maximum Gasteiger partial charge on any atom is 0.231 e.